The highest BCUT2D eigenvalue weighted by Gasteiger charge is 2.16. The summed E-state index contributed by atoms with van der Waals surface area (Å²) in [4.78, 5) is 8.23. The van der Waals surface area contributed by atoms with Crippen LogP contribution in [0.5, 0.6) is 0 Å². The van der Waals surface area contributed by atoms with E-state index in [1.54, 1.807) is 11.3 Å². The maximum Gasteiger partial charge on any atom is 0.190 e. The summed E-state index contributed by atoms with van der Waals surface area (Å²) in [6.45, 7) is 9.58. The number of benzene rings is 1. The number of anilines is 2. The van der Waals surface area contributed by atoms with Gasteiger partial charge in [0.1, 0.15) is 0 Å². The molecule has 1 atom stereocenters. The standard InChI is InChI=1S/C17H25N3S/c1-6-14-8-10-15(11-9-14)20(5)17-19-13(4)16(21-17)12(3)18-7-2/h8-12,18H,6-7H2,1-5H3. The third-order valence-electron chi connectivity index (χ3n) is 3.74. The molecule has 1 aromatic heterocycles. The Kier molecular flexibility index (Phi) is 5.37. The van der Waals surface area contributed by atoms with Gasteiger partial charge in [-0.2, -0.15) is 0 Å². The van der Waals surface area contributed by atoms with Gasteiger partial charge in [0.2, 0.25) is 0 Å². The molecule has 114 valence electrons. The fraction of sp³-hybridized carbons (Fsp3) is 0.471. The predicted octanol–water partition coefficient (Wildman–Crippen LogP) is 4.45. The van der Waals surface area contributed by atoms with Gasteiger partial charge in [0.05, 0.1) is 5.69 Å². The van der Waals surface area contributed by atoms with Gasteiger partial charge in [0, 0.05) is 23.7 Å². The number of aromatic nitrogens is 1. The third-order valence-corrected chi connectivity index (χ3v) is 5.16. The van der Waals surface area contributed by atoms with Gasteiger partial charge in [-0.05, 0) is 44.5 Å². The van der Waals surface area contributed by atoms with Gasteiger partial charge in [-0.3, -0.25) is 0 Å². The minimum atomic E-state index is 0.358. The van der Waals surface area contributed by atoms with Gasteiger partial charge in [0.15, 0.2) is 5.13 Å². The molecule has 0 aliphatic carbocycles. The Balaban J connectivity index is 2.22. The quantitative estimate of drug-likeness (QED) is 0.854. The van der Waals surface area contributed by atoms with Gasteiger partial charge < -0.3 is 10.2 Å². The van der Waals surface area contributed by atoms with E-state index in [9.17, 15) is 0 Å². The molecule has 0 saturated heterocycles. The zero-order valence-corrected chi connectivity index (χ0v) is 14.4. The van der Waals surface area contributed by atoms with E-state index in [1.165, 1.54) is 16.1 Å². The second-order valence-electron chi connectivity index (χ2n) is 5.30. The third kappa shape index (κ3) is 3.63. The fourth-order valence-electron chi connectivity index (χ4n) is 2.40. The molecule has 3 nitrogen and oxygen atoms in total. The fourth-order valence-corrected chi connectivity index (χ4v) is 3.48. The molecule has 1 aromatic carbocycles. The molecule has 0 saturated carbocycles. The number of aryl methyl sites for hydroxylation is 2. The molecule has 0 radical (unpaired) electrons. The van der Waals surface area contributed by atoms with Crippen molar-refractivity contribution >= 4 is 22.2 Å². The minimum absolute atomic E-state index is 0.358. The van der Waals surface area contributed by atoms with E-state index in [0.29, 0.717) is 6.04 Å². The van der Waals surface area contributed by atoms with Gasteiger partial charge >= 0.3 is 0 Å². The average Bonchev–Trinajstić information content (AvgIpc) is 2.89. The van der Waals surface area contributed by atoms with Crippen LogP contribution in [0.3, 0.4) is 0 Å². The Bertz CT molecular complexity index is 574. The van der Waals surface area contributed by atoms with E-state index in [-0.39, 0.29) is 0 Å². The van der Waals surface area contributed by atoms with Gasteiger partial charge in [-0.25, -0.2) is 4.98 Å². The Morgan fingerprint density at radius 2 is 1.90 bits per heavy atom. The molecule has 0 aliphatic heterocycles. The van der Waals surface area contributed by atoms with Gasteiger partial charge in [0.25, 0.3) is 0 Å². The number of hydrogen-bond acceptors (Lipinski definition) is 4. The molecule has 1 heterocycles. The molecule has 0 fully saturated rings. The van der Waals surface area contributed by atoms with Crippen LogP contribution < -0.4 is 10.2 Å². The number of thiazole rings is 1. The highest BCUT2D eigenvalue weighted by Crippen LogP contribution is 2.33. The molecule has 2 aromatic rings. The predicted molar refractivity (Wildman–Crippen MR) is 92.8 cm³/mol. The molecule has 0 aliphatic rings. The molecular formula is C17H25N3S. The van der Waals surface area contributed by atoms with E-state index in [4.69, 9.17) is 4.98 Å². The van der Waals surface area contributed by atoms with Gasteiger partial charge in [-0.15, -0.1) is 0 Å². The van der Waals surface area contributed by atoms with Crippen molar-refractivity contribution in [2.24, 2.45) is 0 Å². The van der Waals surface area contributed by atoms with E-state index in [1.807, 2.05) is 0 Å². The number of nitrogens with one attached hydrogen (secondary N) is 1. The topological polar surface area (TPSA) is 28.2 Å². The summed E-state index contributed by atoms with van der Waals surface area (Å²) in [5.41, 5.74) is 3.67. The lowest BCUT2D eigenvalue weighted by Crippen LogP contribution is -2.17. The Labute approximate surface area is 132 Å². The maximum atomic E-state index is 4.74. The molecule has 0 spiro atoms. The van der Waals surface area contributed by atoms with E-state index in [0.717, 1.165) is 23.8 Å². The summed E-state index contributed by atoms with van der Waals surface area (Å²) >= 11 is 1.77. The first-order valence-electron chi connectivity index (χ1n) is 7.60. The van der Waals surface area contributed by atoms with Gasteiger partial charge in [-0.1, -0.05) is 37.3 Å². The minimum Gasteiger partial charge on any atom is -0.321 e. The molecule has 1 N–H and O–H groups in total. The SMILES string of the molecule is CCNC(C)c1sc(N(C)c2ccc(CC)cc2)nc1C. The lowest BCUT2D eigenvalue weighted by Gasteiger charge is -2.16. The van der Waals surface area contributed by atoms with Crippen LogP contribution in [0.2, 0.25) is 0 Å². The van der Waals surface area contributed by atoms with Crippen LogP contribution in [0.25, 0.3) is 0 Å². The first-order chi connectivity index (χ1) is 10.1. The van der Waals surface area contributed by atoms with E-state index in [2.05, 4.69) is 69.2 Å². The first kappa shape index (κ1) is 16.0. The molecule has 21 heavy (non-hydrogen) atoms. The van der Waals surface area contributed by atoms with Crippen molar-refractivity contribution in [3.8, 4) is 0 Å². The van der Waals surface area contributed by atoms with Crippen molar-refractivity contribution in [1.82, 2.24) is 10.3 Å². The number of hydrogen-bond donors (Lipinski definition) is 1. The lowest BCUT2D eigenvalue weighted by molar-refractivity contribution is 0.603. The van der Waals surface area contributed by atoms with Crippen LogP contribution in [-0.2, 0) is 6.42 Å². The second-order valence-corrected chi connectivity index (χ2v) is 6.31. The highest BCUT2D eigenvalue weighted by atomic mass is 32.1. The molecule has 2 rings (SSSR count). The summed E-state index contributed by atoms with van der Waals surface area (Å²) < 4.78 is 0. The molecule has 4 heteroatoms. The highest BCUT2D eigenvalue weighted by molar-refractivity contribution is 7.15. The lowest BCUT2D eigenvalue weighted by atomic mass is 10.1. The Morgan fingerprint density at radius 3 is 2.48 bits per heavy atom. The van der Waals surface area contributed by atoms with Crippen molar-refractivity contribution in [1.29, 1.82) is 0 Å². The van der Waals surface area contributed by atoms with E-state index >= 15 is 0 Å². The van der Waals surface area contributed by atoms with Crippen LogP contribution in [0.15, 0.2) is 24.3 Å². The van der Waals surface area contributed by atoms with E-state index < -0.39 is 0 Å². The first-order valence-corrected chi connectivity index (χ1v) is 8.41. The zero-order chi connectivity index (χ0) is 15.4. The summed E-state index contributed by atoms with van der Waals surface area (Å²) in [6.07, 6.45) is 1.07. The van der Waals surface area contributed by atoms with Crippen molar-refractivity contribution in [3.05, 3.63) is 40.4 Å². The molecule has 0 bridgehead atoms. The van der Waals surface area contributed by atoms with Crippen molar-refractivity contribution in [2.45, 2.75) is 40.2 Å². The smallest absolute Gasteiger partial charge is 0.190 e. The summed E-state index contributed by atoms with van der Waals surface area (Å²) in [7, 11) is 2.08. The number of nitrogens with zero attached hydrogens (tertiary/aromatic N) is 2. The Morgan fingerprint density at radius 1 is 1.24 bits per heavy atom. The zero-order valence-electron chi connectivity index (χ0n) is 13.6. The van der Waals surface area contributed by atoms with Crippen LogP contribution >= 0.6 is 11.3 Å². The normalized spacial score (nSPS) is 12.4. The van der Waals surface area contributed by atoms with Crippen molar-refractivity contribution < 1.29 is 0 Å². The molecular weight excluding hydrogens is 278 g/mol. The second kappa shape index (κ2) is 7.05. The summed E-state index contributed by atoms with van der Waals surface area (Å²) in [6, 6.07) is 9.08. The van der Waals surface area contributed by atoms with Crippen molar-refractivity contribution in [2.75, 3.05) is 18.5 Å². The largest absolute Gasteiger partial charge is 0.321 e. The van der Waals surface area contributed by atoms with Crippen LogP contribution in [0, 0.1) is 6.92 Å². The van der Waals surface area contributed by atoms with Crippen molar-refractivity contribution in [3.63, 3.8) is 0 Å². The Hall–Kier alpha value is -1.39. The maximum absolute atomic E-state index is 4.74. The summed E-state index contributed by atoms with van der Waals surface area (Å²) in [5.74, 6) is 0. The molecule has 0 amide bonds. The number of rotatable bonds is 6. The molecule has 1 unspecified atom stereocenters. The average molecular weight is 303 g/mol. The van der Waals surface area contributed by atoms with Crippen LogP contribution in [0.4, 0.5) is 10.8 Å². The monoisotopic (exact) mass is 303 g/mol. The summed E-state index contributed by atoms with van der Waals surface area (Å²) in [5, 5.41) is 4.51. The van der Waals surface area contributed by atoms with Crippen LogP contribution in [-0.4, -0.2) is 18.6 Å². The van der Waals surface area contributed by atoms with Crippen LogP contribution in [0.1, 0.15) is 42.9 Å².